The molecule has 1 aliphatic carbocycles. The van der Waals surface area contributed by atoms with Gasteiger partial charge in [0, 0.05) is 23.9 Å². The fourth-order valence-electron chi connectivity index (χ4n) is 2.35. The topological polar surface area (TPSA) is 66.4 Å². The molecule has 0 heterocycles. The van der Waals surface area contributed by atoms with E-state index in [1.54, 1.807) is 0 Å². The maximum atomic E-state index is 11.9. The maximum Gasteiger partial charge on any atom is 0.303 e. The van der Waals surface area contributed by atoms with Gasteiger partial charge in [0.15, 0.2) is 0 Å². The van der Waals surface area contributed by atoms with E-state index in [-0.39, 0.29) is 24.2 Å². The van der Waals surface area contributed by atoms with Crippen molar-refractivity contribution < 1.29 is 14.7 Å². The molecule has 0 spiro atoms. The number of unbranched alkanes of at least 4 members (excludes halogenated alkanes) is 1. The number of carbonyl (C=O) groups excluding carboxylic acids is 1. The number of halogens is 1. The molecular weight excluding hydrogens is 278 g/mol. The van der Waals surface area contributed by atoms with Gasteiger partial charge in [-0.3, -0.25) is 9.59 Å². The van der Waals surface area contributed by atoms with Crippen LogP contribution in [0.25, 0.3) is 0 Å². The summed E-state index contributed by atoms with van der Waals surface area (Å²) in [7, 11) is 0. The molecule has 0 radical (unpaired) electrons. The first kappa shape index (κ1) is 14.9. The van der Waals surface area contributed by atoms with Gasteiger partial charge in [-0.1, -0.05) is 29.8 Å². The van der Waals surface area contributed by atoms with Crippen molar-refractivity contribution in [1.82, 2.24) is 5.32 Å². The van der Waals surface area contributed by atoms with E-state index in [1.807, 2.05) is 24.3 Å². The summed E-state index contributed by atoms with van der Waals surface area (Å²) in [6.45, 7) is 0.540. The summed E-state index contributed by atoms with van der Waals surface area (Å²) in [6.07, 6.45) is 2.28. The van der Waals surface area contributed by atoms with Crippen molar-refractivity contribution >= 4 is 23.5 Å². The Morgan fingerprint density at radius 3 is 2.75 bits per heavy atom. The molecule has 1 aromatic carbocycles. The molecule has 0 aliphatic heterocycles. The van der Waals surface area contributed by atoms with Crippen molar-refractivity contribution in [3.05, 3.63) is 34.9 Å². The Balaban J connectivity index is 1.71. The molecule has 1 amide bonds. The van der Waals surface area contributed by atoms with Crippen LogP contribution in [-0.4, -0.2) is 23.5 Å². The van der Waals surface area contributed by atoms with Gasteiger partial charge in [-0.05, 0) is 36.8 Å². The van der Waals surface area contributed by atoms with E-state index in [1.165, 1.54) is 0 Å². The molecule has 2 atom stereocenters. The molecule has 20 heavy (non-hydrogen) atoms. The van der Waals surface area contributed by atoms with E-state index in [0.717, 1.165) is 12.0 Å². The molecule has 108 valence electrons. The van der Waals surface area contributed by atoms with Gasteiger partial charge in [0.1, 0.15) is 0 Å². The van der Waals surface area contributed by atoms with Gasteiger partial charge in [-0.25, -0.2) is 0 Å². The van der Waals surface area contributed by atoms with Gasteiger partial charge in [0.2, 0.25) is 5.91 Å². The van der Waals surface area contributed by atoms with Gasteiger partial charge < -0.3 is 10.4 Å². The lowest BCUT2D eigenvalue weighted by Crippen LogP contribution is -2.26. The molecule has 2 N–H and O–H groups in total. The molecule has 1 saturated carbocycles. The minimum Gasteiger partial charge on any atom is -0.481 e. The second-order valence-electron chi connectivity index (χ2n) is 5.11. The molecule has 4 nitrogen and oxygen atoms in total. The Labute approximate surface area is 123 Å². The lowest BCUT2D eigenvalue weighted by atomic mass is 10.1. The normalized spacial score (nSPS) is 20.4. The lowest BCUT2D eigenvalue weighted by Gasteiger charge is -2.05. The van der Waals surface area contributed by atoms with Crippen molar-refractivity contribution in [3.63, 3.8) is 0 Å². The molecule has 1 aliphatic rings. The average Bonchev–Trinajstić information content (AvgIpc) is 3.18. The maximum absolute atomic E-state index is 11.9. The molecule has 0 aromatic heterocycles. The van der Waals surface area contributed by atoms with Gasteiger partial charge in [-0.15, -0.1) is 0 Å². The van der Waals surface area contributed by atoms with E-state index in [0.29, 0.717) is 24.4 Å². The van der Waals surface area contributed by atoms with Gasteiger partial charge in [-0.2, -0.15) is 0 Å². The van der Waals surface area contributed by atoms with Crippen LogP contribution >= 0.6 is 11.6 Å². The monoisotopic (exact) mass is 295 g/mol. The third-order valence-corrected chi connectivity index (χ3v) is 3.89. The third-order valence-electron chi connectivity index (χ3n) is 3.55. The fourth-order valence-corrected chi connectivity index (χ4v) is 2.62. The van der Waals surface area contributed by atoms with Crippen LogP contribution in [0, 0.1) is 5.92 Å². The van der Waals surface area contributed by atoms with E-state index >= 15 is 0 Å². The van der Waals surface area contributed by atoms with E-state index in [4.69, 9.17) is 16.7 Å². The van der Waals surface area contributed by atoms with Crippen LogP contribution in [0.1, 0.15) is 37.2 Å². The first-order chi connectivity index (χ1) is 9.59. The lowest BCUT2D eigenvalue weighted by molar-refractivity contribution is -0.137. The van der Waals surface area contributed by atoms with E-state index < -0.39 is 5.97 Å². The van der Waals surface area contributed by atoms with Crippen LogP contribution in [0.4, 0.5) is 0 Å². The van der Waals surface area contributed by atoms with Crippen LogP contribution in [-0.2, 0) is 9.59 Å². The summed E-state index contributed by atoms with van der Waals surface area (Å²) in [5, 5.41) is 12.1. The number of carboxylic acids is 1. The minimum absolute atomic E-state index is 0.00868. The van der Waals surface area contributed by atoms with Crippen molar-refractivity contribution in [3.8, 4) is 0 Å². The van der Waals surface area contributed by atoms with Crippen LogP contribution in [0.15, 0.2) is 24.3 Å². The molecule has 0 unspecified atom stereocenters. The predicted octanol–water partition coefficient (Wildman–Crippen LogP) is 2.81. The van der Waals surface area contributed by atoms with Crippen LogP contribution < -0.4 is 5.32 Å². The Morgan fingerprint density at radius 2 is 2.05 bits per heavy atom. The Bertz CT molecular complexity index is 504. The van der Waals surface area contributed by atoms with Crippen molar-refractivity contribution in [2.45, 2.75) is 31.6 Å². The minimum atomic E-state index is -0.794. The number of amides is 1. The average molecular weight is 296 g/mol. The zero-order chi connectivity index (χ0) is 14.5. The van der Waals surface area contributed by atoms with Crippen molar-refractivity contribution in [1.29, 1.82) is 0 Å². The standard InChI is InChI=1S/C15H18ClNO3/c16-13-6-2-1-5-10(13)11-9-12(11)15(20)17-8-4-3-7-14(18)19/h1-2,5-6,11-12H,3-4,7-9H2,(H,17,20)(H,18,19)/t11-,12-/m1/s1. The molecule has 0 saturated heterocycles. The summed E-state index contributed by atoms with van der Waals surface area (Å²) < 4.78 is 0. The summed E-state index contributed by atoms with van der Waals surface area (Å²) >= 11 is 6.12. The third kappa shape index (κ3) is 3.97. The van der Waals surface area contributed by atoms with Gasteiger partial charge in [0.05, 0.1) is 0 Å². The zero-order valence-corrected chi connectivity index (χ0v) is 11.9. The van der Waals surface area contributed by atoms with Crippen LogP contribution in [0.5, 0.6) is 0 Å². The quantitative estimate of drug-likeness (QED) is 0.760. The fraction of sp³-hybridized carbons (Fsp3) is 0.467. The number of carbonyl (C=O) groups is 2. The number of hydrogen-bond acceptors (Lipinski definition) is 2. The summed E-state index contributed by atoms with van der Waals surface area (Å²) in [6, 6.07) is 7.62. The number of nitrogens with one attached hydrogen (secondary N) is 1. The largest absolute Gasteiger partial charge is 0.481 e. The van der Waals surface area contributed by atoms with E-state index in [9.17, 15) is 9.59 Å². The summed E-state index contributed by atoms with van der Waals surface area (Å²) in [5.41, 5.74) is 1.04. The highest BCUT2D eigenvalue weighted by Crippen LogP contribution is 2.49. The second kappa shape index (κ2) is 6.75. The van der Waals surface area contributed by atoms with Gasteiger partial charge >= 0.3 is 5.97 Å². The molecule has 2 rings (SSSR count). The van der Waals surface area contributed by atoms with Crippen molar-refractivity contribution in [2.75, 3.05) is 6.54 Å². The second-order valence-corrected chi connectivity index (χ2v) is 5.52. The zero-order valence-electron chi connectivity index (χ0n) is 11.1. The first-order valence-electron chi connectivity index (χ1n) is 6.83. The number of benzene rings is 1. The van der Waals surface area contributed by atoms with Crippen molar-refractivity contribution in [2.24, 2.45) is 5.92 Å². The number of rotatable bonds is 7. The Kier molecular flexibility index (Phi) is 5.01. The molecular formula is C15H18ClNO3. The summed E-state index contributed by atoms with van der Waals surface area (Å²) in [5.74, 6) is -0.514. The molecule has 5 heteroatoms. The predicted molar refractivity (Wildman–Crippen MR) is 76.8 cm³/mol. The summed E-state index contributed by atoms with van der Waals surface area (Å²) in [4.78, 5) is 22.3. The highest BCUT2D eigenvalue weighted by atomic mass is 35.5. The highest BCUT2D eigenvalue weighted by molar-refractivity contribution is 6.31. The van der Waals surface area contributed by atoms with Crippen LogP contribution in [0.2, 0.25) is 5.02 Å². The van der Waals surface area contributed by atoms with Gasteiger partial charge in [0.25, 0.3) is 0 Å². The smallest absolute Gasteiger partial charge is 0.303 e. The number of hydrogen-bond donors (Lipinski definition) is 2. The molecule has 1 fully saturated rings. The first-order valence-corrected chi connectivity index (χ1v) is 7.21. The molecule has 1 aromatic rings. The molecule has 0 bridgehead atoms. The highest BCUT2D eigenvalue weighted by Gasteiger charge is 2.44. The Hall–Kier alpha value is -1.55. The number of aliphatic carboxylic acids is 1. The number of carboxylic acid groups (broad SMARTS) is 1. The Morgan fingerprint density at radius 1 is 1.30 bits per heavy atom. The van der Waals surface area contributed by atoms with Crippen LogP contribution in [0.3, 0.4) is 0 Å². The van der Waals surface area contributed by atoms with E-state index in [2.05, 4.69) is 5.32 Å². The SMILES string of the molecule is O=C(O)CCCCNC(=O)[C@@H]1C[C@@H]1c1ccccc1Cl.